The van der Waals surface area contributed by atoms with Crippen molar-refractivity contribution in [2.24, 2.45) is 5.92 Å². The van der Waals surface area contributed by atoms with E-state index < -0.39 is 22.7 Å². The number of nitro benzene ring substituents is 1. The van der Waals surface area contributed by atoms with Crippen molar-refractivity contribution in [3.63, 3.8) is 0 Å². The van der Waals surface area contributed by atoms with Crippen LogP contribution in [0.25, 0.3) is 11.0 Å². The highest BCUT2D eigenvalue weighted by atomic mass is 19.1. The van der Waals surface area contributed by atoms with Crippen LogP contribution in [-0.4, -0.2) is 20.8 Å². The SMILES string of the molecule is CCC(C)C(NC(=O)c1cc([N+](=O)[O-])ccc1F)c1nc2ccccc2[nH]1. The summed E-state index contributed by atoms with van der Waals surface area (Å²) in [7, 11) is 0. The maximum atomic E-state index is 14.1. The van der Waals surface area contributed by atoms with Crippen LogP contribution in [0.15, 0.2) is 42.5 Å². The van der Waals surface area contributed by atoms with Crippen LogP contribution in [0.3, 0.4) is 0 Å². The van der Waals surface area contributed by atoms with Gasteiger partial charge in [-0.25, -0.2) is 9.37 Å². The zero-order valence-electron chi connectivity index (χ0n) is 14.9. The summed E-state index contributed by atoms with van der Waals surface area (Å²) < 4.78 is 14.1. The number of aromatic amines is 1. The molecule has 7 nitrogen and oxygen atoms in total. The number of carbonyl (C=O) groups excluding carboxylic acids is 1. The number of nitrogens with zero attached hydrogens (tertiary/aromatic N) is 2. The Morgan fingerprint density at radius 2 is 2.07 bits per heavy atom. The average Bonchev–Trinajstić information content (AvgIpc) is 3.09. The minimum Gasteiger partial charge on any atom is -0.342 e. The molecule has 1 aromatic heterocycles. The van der Waals surface area contributed by atoms with E-state index in [1.165, 1.54) is 0 Å². The van der Waals surface area contributed by atoms with Gasteiger partial charge in [-0.05, 0) is 24.1 Å². The summed E-state index contributed by atoms with van der Waals surface area (Å²) in [5.74, 6) is -0.964. The molecule has 27 heavy (non-hydrogen) atoms. The van der Waals surface area contributed by atoms with Gasteiger partial charge < -0.3 is 10.3 Å². The summed E-state index contributed by atoms with van der Waals surface area (Å²) in [6.07, 6.45) is 0.749. The first-order valence-electron chi connectivity index (χ1n) is 8.60. The molecule has 0 saturated heterocycles. The van der Waals surface area contributed by atoms with Crippen molar-refractivity contribution in [3.05, 3.63) is 69.8 Å². The highest BCUT2D eigenvalue weighted by Crippen LogP contribution is 2.26. The predicted molar refractivity (Wildman–Crippen MR) is 98.8 cm³/mol. The maximum Gasteiger partial charge on any atom is 0.270 e. The third kappa shape index (κ3) is 3.79. The molecule has 0 aliphatic heterocycles. The molecule has 1 heterocycles. The highest BCUT2D eigenvalue weighted by Gasteiger charge is 2.26. The fraction of sp³-hybridized carbons (Fsp3) is 0.263. The molecule has 2 atom stereocenters. The molecule has 8 heteroatoms. The smallest absolute Gasteiger partial charge is 0.270 e. The van der Waals surface area contributed by atoms with Crippen LogP contribution in [0.5, 0.6) is 0 Å². The maximum absolute atomic E-state index is 14.1. The van der Waals surface area contributed by atoms with Gasteiger partial charge in [0.05, 0.1) is 27.6 Å². The number of hydrogen-bond acceptors (Lipinski definition) is 4. The van der Waals surface area contributed by atoms with Crippen molar-refractivity contribution in [2.75, 3.05) is 0 Å². The first-order chi connectivity index (χ1) is 12.9. The van der Waals surface area contributed by atoms with Crippen molar-refractivity contribution in [1.82, 2.24) is 15.3 Å². The normalized spacial score (nSPS) is 13.3. The van der Waals surface area contributed by atoms with Gasteiger partial charge in [-0.15, -0.1) is 0 Å². The summed E-state index contributed by atoms with van der Waals surface area (Å²) >= 11 is 0. The number of carbonyl (C=O) groups is 1. The van der Waals surface area contributed by atoms with Crippen LogP contribution in [-0.2, 0) is 0 Å². The number of imidazole rings is 1. The van der Waals surface area contributed by atoms with Crippen LogP contribution in [0.4, 0.5) is 10.1 Å². The molecule has 0 bridgehead atoms. The first-order valence-corrected chi connectivity index (χ1v) is 8.60. The minimum absolute atomic E-state index is 0.0104. The predicted octanol–water partition coefficient (Wildman–Crippen LogP) is 4.13. The largest absolute Gasteiger partial charge is 0.342 e. The number of amides is 1. The first kappa shape index (κ1) is 18.5. The Bertz CT molecular complexity index is 969. The number of rotatable bonds is 6. The van der Waals surface area contributed by atoms with E-state index in [-0.39, 0.29) is 17.2 Å². The number of nitrogens with one attached hydrogen (secondary N) is 2. The van der Waals surface area contributed by atoms with E-state index >= 15 is 0 Å². The minimum atomic E-state index is -0.814. The number of aromatic nitrogens is 2. The number of H-pyrrole nitrogens is 1. The number of para-hydroxylation sites is 2. The Morgan fingerprint density at radius 3 is 2.74 bits per heavy atom. The molecule has 2 aromatic carbocycles. The molecule has 2 unspecified atom stereocenters. The van der Waals surface area contributed by atoms with Gasteiger partial charge in [0.25, 0.3) is 11.6 Å². The Hall–Kier alpha value is -3.29. The van der Waals surface area contributed by atoms with Gasteiger partial charge >= 0.3 is 0 Å². The number of non-ortho nitro benzene ring substituents is 1. The van der Waals surface area contributed by atoms with Crippen LogP contribution >= 0.6 is 0 Å². The van der Waals surface area contributed by atoms with Gasteiger partial charge in [-0.1, -0.05) is 32.4 Å². The lowest BCUT2D eigenvalue weighted by molar-refractivity contribution is -0.384. The Kier molecular flexibility index (Phi) is 5.16. The van der Waals surface area contributed by atoms with Crippen LogP contribution < -0.4 is 5.32 Å². The molecule has 0 aliphatic carbocycles. The van der Waals surface area contributed by atoms with E-state index in [0.717, 1.165) is 35.7 Å². The highest BCUT2D eigenvalue weighted by molar-refractivity contribution is 5.95. The number of halogens is 1. The topological polar surface area (TPSA) is 101 Å². The third-order valence-electron chi connectivity index (χ3n) is 4.61. The molecule has 3 aromatic rings. The van der Waals surface area contributed by atoms with Crippen molar-refractivity contribution in [3.8, 4) is 0 Å². The molecule has 0 saturated carbocycles. The third-order valence-corrected chi connectivity index (χ3v) is 4.61. The van der Waals surface area contributed by atoms with E-state index in [0.29, 0.717) is 5.82 Å². The van der Waals surface area contributed by atoms with Crippen molar-refractivity contribution in [1.29, 1.82) is 0 Å². The molecule has 0 fully saturated rings. The fourth-order valence-electron chi connectivity index (χ4n) is 2.86. The molecular weight excluding hydrogens is 351 g/mol. The second-order valence-corrected chi connectivity index (χ2v) is 6.40. The molecule has 140 valence electrons. The van der Waals surface area contributed by atoms with Gasteiger partial charge in [0.2, 0.25) is 0 Å². The van der Waals surface area contributed by atoms with E-state index in [4.69, 9.17) is 0 Å². The zero-order valence-corrected chi connectivity index (χ0v) is 14.9. The van der Waals surface area contributed by atoms with Crippen LogP contribution in [0.1, 0.15) is 42.5 Å². The van der Waals surface area contributed by atoms with E-state index in [9.17, 15) is 19.3 Å². The molecule has 0 radical (unpaired) electrons. The number of fused-ring (bicyclic) bond motifs is 1. The van der Waals surface area contributed by atoms with E-state index in [1.54, 1.807) is 0 Å². The quantitative estimate of drug-likeness (QED) is 0.503. The number of hydrogen-bond donors (Lipinski definition) is 2. The second kappa shape index (κ2) is 7.53. The Labute approximate surface area is 154 Å². The van der Waals surface area contributed by atoms with Gasteiger partial charge in [0.1, 0.15) is 11.6 Å². The number of benzene rings is 2. The average molecular weight is 370 g/mol. The lowest BCUT2D eigenvalue weighted by atomic mass is 9.98. The fourth-order valence-corrected chi connectivity index (χ4v) is 2.86. The van der Waals surface area contributed by atoms with Crippen molar-refractivity contribution in [2.45, 2.75) is 26.3 Å². The molecule has 3 rings (SSSR count). The standard InChI is InChI=1S/C19H19FN4O3/c1-3-11(2)17(18-21-15-6-4-5-7-16(15)22-18)23-19(25)13-10-12(24(26)27)8-9-14(13)20/h4-11,17H,3H2,1-2H3,(H,21,22)(H,23,25). The summed E-state index contributed by atoms with van der Waals surface area (Å²) in [4.78, 5) is 30.6. The molecule has 0 aliphatic rings. The lowest BCUT2D eigenvalue weighted by Gasteiger charge is -2.22. The summed E-state index contributed by atoms with van der Waals surface area (Å²) in [6, 6.07) is 9.86. The monoisotopic (exact) mass is 370 g/mol. The molecular formula is C19H19FN4O3. The van der Waals surface area contributed by atoms with Gasteiger partial charge in [-0.2, -0.15) is 0 Å². The van der Waals surface area contributed by atoms with Crippen LogP contribution in [0.2, 0.25) is 0 Å². The Balaban J connectivity index is 1.94. The summed E-state index contributed by atoms with van der Waals surface area (Å²) in [6.45, 7) is 3.92. The number of nitro groups is 1. The van der Waals surface area contributed by atoms with Gasteiger partial charge in [0.15, 0.2) is 0 Å². The summed E-state index contributed by atoms with van der Waals surface area (Å²) in [5, 5.41) is 13.7. The lowest BCUT2D eigenvalue weighted by Crippen LogP contribution is -2.33. The van der Waals surface area contributed by atoms with Crippen molar-refractivity contribution >= 4 is 22.6 Å². The summed E-state index contributed by atoms with van der Waals surface area (Å²) in [5.41, 5.74) is 0.882. The Morgan fingerprint density at radius 1 is 1.33 bits per heavy atom. The van der Waals surface area contributed by atoms with Gasteiger partial charge in [0, 0.05) is 12.1 Å². The molecule has 2 N–H and O–H groups in total. The second-order valence-electron chi connectivity index (χ2n) is 6.40. The zero-order chi connectivity index (χ0) is 19.6. The van der Waals surface area contributed by atoms with Crippen molar-refractivity contribution < 1.29 is 14.1 Å². The molecule has 0 spiro atoms. The van der Waals surface area contributed by atoms with Crippen LogP contribution in [0, 0.1) is 21.8 Å². The van der Waals surface area contributed by atoms with Gasteiger partial charge in [-0.3, -0.25) is 14.9 Å². The molecule has 1 amide bonds. The van der Waals surface area contributed by atoms with E-state index in [2.05, 4.69) is 15.3 Å². The van der Waals surface area contributed by atoms with E-state index in [1.807, 2.05) is 38.1 Å².